The average molecular weight is 216 g/mol. The van der Waals surface area contributed by atoms with Gasteiger partial charge < -0.3 is 11.1 Å². The lowest BCUT2D eigenvalue weighted by atomic mass is 10.1. The number of hydrogen-bond acceptors (Lipinski definition) is 3. The van der Waals surface area contributed by atoms with Gasteiger partial charge in [-0.2, -0.15) is 5.10 Å². The molecule has 0 aliphatic carbocycles. The zero-order valence-electron chi connectivity index (χ0n) is 8.82. The number of aromatic nitrogens is 2. The molecule has 0 aliphatic heterocycles. The van der Waals surface area contributed by atoms with Crippen LogP contribution in [0.3, 0.4) is 0 Å². The second-order valence-corrected chi connectivity index (χ2v) is 3.48. The Morgan fingerprint density at radius 3 is 3.00 bits per heavy atom. The molecular weight excluding hydrogens is 204 g/mol. The van der Waals surface area contributed by atoms with Crippen molar-refractivity contribution >= 4 is 17.3 Å². The van der Waals surface area contributed by atoms with Crippen LogP contribution in [0.15, 0.2) is 30.6 Å². The molecule has 0 fully saturated rings. The number of rotatable bonds is 2. The molecule has 2 aromatic rings. The molecule has 1 aromatic heterocycles. The van der Waals surface area contributed by atoms with Crippen LogP contribution in [-0.4, -0.2) is 16.1 Å². The van der Waals surface area contributed by atoms with Crippen molar-refractivity contribution in [2.45, 2.75) is 6.92 Å². The first-order chi connectivity index (χ1) is 7.68. The summed E-state index contributed by atoms with van der Waals surface area (Å²) >= 11 is 0. The van der Waals surface area contributed by atoms with E-state index in [4.69, 9.17) is 5.73 Å². The van der Waals surface area contributed by atoms with E-state index in [1.54, 1.807) is 18.3 Å². The number of nitrogen functional groups attached to an aromatic ring is 1. The quantitative estimate of drug-likeness (QED) is 0.666. The third kappa shape index (κ3) is 1.88. The Kier molecular flexibility index (Phi) is 2.59. The van der Waals surface area contributed by atoms with Gasteiger partial charge in [-0.1, -0.05) is 12.1 Å². The van der Waals surface area contributed by atoms with Gasteiger partial charge in [0.1, 0.15) is 0 Å². The number of nitrogens with two attached hydrogens (primary N) is 1. The van der Waals surface area contributed by atoms with Crippen molar-refractivity contribution in [2.75, 3.05) is 11.1 Å². The van der Waals surface area contributed by atoms with Crippen molar-refractivity contribution in [3.63, 3.8) is 0 Å². The van der Waals surface area contributed by atoms with Gasteiger partial charge >= 0.3 is 0 Å². The molecule has 1 heterocycles. The van der Waals surface area contributed by atoms with E-state index in [9.17, 15) is 4.79 Å². The van der Waals surface area contributed by atoms with E-state index in [-0.39, 0.29) is 5.91 Å². The maximum Gasteiger partial charge on any atom is 0.257 e. The van der Waals surface area contributed by atoms with Crippen LogP contribution < -0.4 is 11.1 Å². The summed E-state index contributed by atoms with van der Waals surface area (Å²) in [5, 5.41) is 9.05. The van der Waals surface area contributed by atoms with E-state index in [1.165, 1.54) is 6.20 Å². The van der Waals surface area contributed by atoms with E-state index < -0.39 is 0 Å². The maximum absolute atomic E-state index is 11.9. The van der Waals surface area contributed by atoms with Crippen LogP contribution in [0.5, 0.6) is 0 Å². The minimum atomic E-state index is -0.234. The van der Waals surface area contributed by atoms with E-state index in [2.05, 4.69) is 15.5 Å². The van der Waals surface area contributed by atoms with Crippen molar-refractivity contribution in [1.29, 1.82) is 0 Å². The molecule has 1 aromatic carbocycles. The summed E-state index contributed by atoms with van der Waals surface area (Å²) < 4.78 is 0. The van der Waals surface area contributed by atoms with Gasteiger partial charge in [0.05, 0.1) is 17.4 Å². The number of amides is 1. The molecule has 0 spiro atoms. The zero-order valence-corrected chi connectivity index (χ0v) is 8.82. The number of anilines is 2. The SMILES string of the molecule is Cc1cccc(C(=O)Nc2cn[nH]c2)c1N. The van der Waals surface area contributed by atoms with E-state index in [0.717, 1.165) is 5.56 Å². The van der Waals surface area contributed by atoms with Crippen molar-refractivity contribution in [3.05, 3.63) is 41.7 Å². The molecule has 4 N–H and O–H groups in total. The van der Waals surface area contributed by atoms with Crippen molar-refractivity contribution in [2.24, 2.45) is 0 Å². The molecule has 82 valence electrons. The summed E-state index contributed by atoms with van der Waals surface area (Å²) in [7, 11) is 0. The van der Waals surface area contributed by atoms with Gasteiger partial charge in [-0.05, 0) is 18.6 Å². The first kappa shape index (κ1) is 10.2. The summed E-state index contributed by atoms with van der Waals surface area (Å²) in [5.41, 5.74) is 8.31. The molecule has 5 nitrogen and oxygen atoms in total. The van der Waals surface area contributed by atoms with Crippen LogP contribution in [0.2, 0.25) is 0 Å². The zero-order chi connectivity index (χ0) is 11.5. The lowest BCUT2D eigenvalue weighted by Crippen LogP contribution is -2.14. The van der Waals surface area contributed by atoms with Gasteiger partial charge in [0.25, 0.3) is 5.91 Å². The largest absolute Gasteiger partial charge is 0.398 e. The summed E-state index contributed by atoms with van der Waals surface area (Å²) in [5.74, 6) is -0.234. The second-order valence-electron chi connectivity index (χ2n) is 3.48. The number of H-pyrrole nitrogens is 1. The van der Waals surface area contributed by atoms with Gasteiger partial charge in [-0.3, -0.25) is 9.89 Å². The van der Waals surface area contributed by atoms with Crippen LogP contribution in [0.25, 0.3) is 0 Å². The van der Waals surface area contributed by atoms with Crippen LogP contribution in [0, 0.1) is 6.92 Å². The predicted octanol–water partition coefficient (Wildman–Crippen LogP) is 1.55. The van der Waals surface area contributed by atoms with Crippen LogP contribution in [0.1, 0.15) is 15.9 Å². The molecular formula is C11H12N4O. The smallest absolute Gasteiger partial charge is 0.257 e. The van der Waals surface area contributed by atoms with Crippen molar-refractivity contribution in [3.8, 4) is 0 Å². The molecule has 2 rings (SSSR count). The van der Waals surface area contributed by atoms with E-state index >= 15 is 0 Å². The van der Waals surface area contributed by atoms with Crippen LogP contribution in [0.4, 0.5) is 11.4 Å². The molecule has 0 aliphatic rings. The monoisotopic (exact) mass is 216 g/mol. The third-order valence-corrected chi connectivity index (χ3v) is 2.32. The standard InChI is InChI=1S/C11H12N4O/c1-7-3-2-4-9(10(7)12)11(16)15-8-5-13-14-6-8/h2-6H,12H2,1H3,(H,13,14)(H,15,16). The summed E-state index contributed by atoms with van der Waals surface area (Å²) in [4.78, 5) is 11.9. The Morgan fingerprint density at radius 1 is 1.50 bits per heavy atom. The number of carbonyl (C=O) groups excluding carboxylic acids is 1. The number of aromatic amines is 1. The summed E-state index contributed by atoms with van der Waals surface area (Å²) in [6.07, 6.45) is 3.13. The van der Waals surface area contributed by atoms with Gasteiger partial charge in [0.15, 0.2) is 0 Å². The summed E-state index contributed by atoms with van der Waals surface area (Å²) in [6.45, 7) is 1.87. The highest BCUT2D eigenvalue weighted by Crippen LogP contribution is 2.17. The molecule has 16 heavy (non-hydrogen) atoms. The molecule has 0 atom stereocenters. The minimum Gasteiger partial charge on any atom is -0.398 e. The maximum atomic E-state index is 11.9. The topological polar surface area (TPSA) is 83.8 Å². The Bertz CT molecular complexity index is 505. The summed E-state index contributed by atoms with van der Waals surface area (Å²) in [6, 6.07) is 5.36. The molecule has 0 unspecified atom stereocenters. The Morgan fingerprint density at radius 2 is 2.31 bits per heavy atom. The predicted molar refractivity (Wildman–Crippen MR) is 62.1 cm³/mol. The minimum absolute atomic E-state index is 0.234. The number of hydrogen-bond donors (Lipinski definition) is 3. The highest BCUT2D eigenvalue weighted by Gasteiger charge is 2.11. The number of aryl methyl sites for hydroxylation is 1. The number of benzene rings is 1. The Labute approximate surface area is 92.7 Å². The highest BCUT2D eigenvalue weighted by molar-refractivity contribution is 6.07. The van der Waals surface area contributed by atoms with Gasteiger partial charge in [-0.15, -0.1) is 0 Å². The second kappa shape index (κ2) is 4.06. The van der Waals surface area contributed by atoms with Crippen LogP contribution >= 0.6 is 0 Å². The average Bonchev–Trinajstić information content (AvgIpc) is 2.74. The molecule has 0 saturated carbocycles. The van der Waals surface area contributed by atoms with Gasteiger partial charge in [0.2, 0.25) is 0 Å². The lowest BCUT2D eigenvalue weighted by molar-refractivity contribution is 0.102. The third-order valence-electron chi connectivity index (χ3n) is 2.32. The molecule has 0 radical (unpaired) electrons. The van der Waals surface area contributed by atoms with Crippen molar-refractivity contribution < 1.29 is 4.79 Å². The Balaban J connectivity index is 2.24. The van der Waals surface area contributed by atoms with Crippen molar-refractivity contribution in [1.82, 2.24) is 10.2 Å². The fourth-order valence-corrected chi connectivity index (χ4v) is 1.40. The Hall–Kier alpha value is -2.30. The number of carbonyl (C=O) groups is 1. The first-order valence-corrected chi connectivity index (χ1v) is 4.83. The first-order valence-electron chi connectivity index (χ1n) is 4.83. The lowest BCUT2D eigenvalue weighted by Gasteiger charge is -2.07. The fourth-order valence-electron chi connectivity index (χ4n) is 1.40. The molecule has 5 heteroatoms. The van der Waals surface area contributed by atoms with E-state index in [1.807, 2.05) is 13.0 Å². The highest BCUT2D eigenvalue weighted by atomic mass is 16.1. The molecule has 1 amide bonds. The van der Waals surface area contributed by atoms with Crippen LogP contribution in [-0.2, 0) is 0 Å². The molecule has 0 saturated heterocycles. The van der Waals surface area contributed by atoms with Gasteiger partial charge in [0, 0.05) is 11.9 Å². The van der Waals surface area contributed by atoms with E-state index in [0.29, 0.717) is 16.9 Å². The number of nitrogens with zero attached hydrogens (tertiary/aromatic N) is 1. The van der Waals surface area contributed by atoms with Gasteiger partial charge in [-0.25, -0.2) is 0 Å². The number of para-hydroxylation sites is 1. The number of nitrogens with one attached hydrogen (secondary N) is 2. The normalized spacial score (nSPS) is 10.1. The fraction of sp³-hybridized carbons (Fsp3) is 0.0909. The molecule has 0 bridgehead atoms.